The fourth-order valence-electron chi connectivity index (χ4n) is 7.31. The van der Waals surface area contributed by atoms with Crippen molar-refractivity contribution in [3.63, 3.8) is 0 Å². The molecule has 0 heterocycles. The molecule has 1 unspecified atom stereocenters. The molecule has 3 aliphatic carbocycles. The topological polar surface area (TPSA) is 40.5 Å². The second-order valence-corrected chi connectivity index (χ2v) is 11.3. The normalized spacial score (nSPS) is 37.6. The molecule has 2 nitrogen and oxygen atoms in total. The van der Waals surface area contributed by atoms with Crippen molar-refractivity contribution in [1.82, 2.24) is 0 Å². The third-order valence-electron chi connectivity index (χ3n) is 9.42. The summed E-state index contributed by atoms with van der Waals surface area (Å²) >= 11 is 0. The van der Waals surface area contributed by atoms with Crippen molar-refractivity contribution >= 4 is 0 Å². The predicted octanol–water partition coefficient (Wildman–Crippen LogP) is 7.37. The Balaban J connectivity index is 1.67. The average molecular weight is 429 g/mol. The summed E-state index contributed by atoms with van der Waals surface area (Å²) in [5, 5.41) is 20.2. The molecule has 176 valence electrons. The first-order chi connectivity index (χ1) is 14.8. The Morgan fingerprint density at radius 2 is 1.87 bits per heavy atom. The van der Waals surface area contributed by atoms with Gasteiger partial charge in [-0.3, -0.25) is 0 Å². The molecule has 3 rings (SSSR count). The quantitative estimate of drug-likeness (QED) is 0.423. The molecule has 6 atom stereocenters. The highest BCUT2D eigenvalue weighted by atomic mass is 16.3. The van der Waals surface area contributed by atoms with E-state index in [1.54, 1.807) is 5.57 Å². The Morgan fingerprint density at radius 1 is 1.13 bits per heavy atom. The highest BCUT2D eigenvalue weighted by Gasteiger charge is 2.50. The summed E-state index contributed by atoms with van der Waals surface area (Å²) in [6.07, 6.45) is 18.0. The van der Waals surface area contributed by atoms with Crippen LogP contribution in [0.4, 0.5) is 0 Å². The second-order valence-electron chi connectivity index (χ2n) is 11.3. The van der Waals surface area contributed by atoms with Crippen LogP contribution in [0.25, 0.3) is 0 Å². The van der Waals surface area contributed by atoms with E-state index < -0.39 is 12.2 Å². The molecular formula is C29H48O2. The number of rotatable bonds is 8. The predicted molar refractivity (Wildman–Crippen MR) is 132 cm³/mol. The molecule has 3 aliphatic rings. The maximum absolute atomic E-state index is 10.2. The van der Waals surface area contributed by atoms with Crippen LogP contribution in [0.15, 0.2) is 35.5 Å². The van der Waals surface area contributed by atoms with E-state index in [0.29, 0.717) is 24.2 Å². The number of allylic oxidation sites excluding steroid dienone is 3. The van der Waals surface area contributed by atoms with Crippen LogP contribution >= 0.6 is 0 Å². The summed E-state index contributed by atoms with van der Waals surface area (Å²) in [6, 6.07) is 0. The van der Waals surface area contributed by atoms with Gasteiger partial charge in [-0.15, -0.1) is 0 Å². The summed E-state index contributed by atoms with van der Waals surface area (Å²) in [7, 11) is 0. The third-order valence-corrected chi connectivity index (χ3v) is 9.42. The highest BCUT2D eigenvalue weighted by molar-refractivity contribution is 5.38. The van der Waals surface area contributed by atoms with Crippen molar-refractivity contribution in [1.29, 1.82) is 0 Å². The van der Waals surface area contributed by atoms with Crippen LogP contribution in [0.1, 0.15) is 105 Å². The molecule has 0 aromatic carbocycles. The van der Waals surface area contributed by atoms with E-state index in [-0.39, 0.29) is 0 Å². The number of aliphatic hydroxyl groups is 2. The average Bonchev–Trinajstić information content (AvgIpc) is 3.10. The molecule has 0 spiro atoms. The molecule has 0 aliphatic heterocycles. The van der Waals surface area contributed by atoms with Crippen LogP contribution in [0.5, 0.6) is 0 Å². The Labute approximate surface area is 191 Å². The molecule has 31 heavy (non-hydrogen) atoms. The summed E-state index contributed by atoms with van der Waals surface area (Å²) < 4.78 is 0. The zero-order chi connectivity index (χ0) is 22.6. The van der Waals surface area contributed by atoms with Crippen molar-refractivity contribution in [3.05, 3.63) is 35.5 Å². The molecule has 2 heteroatoms. The fraction of sp³-hybridized carbons (Fsp3) is 0.793. The van der Waals surface area contributed by atoms with Gasteiger partial charge >= 0.3 is 0 Å². The van der Waals surface area contributed by atoms with Gasteiger partial charge in [0.25, 0.3) is 0 Å². The van der Waals surface area contributed by atoms with Crippen LogP contribution in [-0.4, -0.2) is 22.4 Å². The molecule has 3 fully saturated rings. The molecule has 0 amide bonds. The lowest BCUT2D eigenvalue weighted by molar-refractivity contribution is 0.0861. The van der Waals surface area contributed by atoms with Gasteiger partial charge in [-0.2, -0.15) is 0 Å². The van der Waals surface area contributed by atoms with E-state index in [2.05, 4.69) is 46.4 Å². The van der Waals surface area contributed by atoms with Crippen LogP contribution in [0.2, 0.25) is 0 Å². The van der Waals surface area contributed by atoms with Gasteiger partial charge in [-0.25, -0.2) is 0 Å². The summed E-state index contributed by atoms with van der Waals surface area (Å²) in [5.74, 6) is 3.30. The molecule has 0 bridgehead atoms. The number of hydrogen-bond donors (Lipinski definition) is 2. The van der Waals surface area contributed by atoms with Gasteiger partial charge in [0.05, 0.1) is 12.2 Å². The van der Waals surface area contributed by atoms with Gasteiger partial charge < -0.3 is 10.2 Å². The Hall–Kier alpha value is -0.860. The Morgan fingerprint density at radius 3 is 2.58 bits per heavy atom. The Kier molecular flexibility index (Phi) is 8.66. The van der Waals surface area contributed by atoms with Gasteiger partial charge in [0.15, 0.2) is 0 Å². The molecule has 0 aromatic rings. The summed E-state index contributed by atoms with van der Waals surface area (Å²) in [5.41, 5.74) is 3.89. The standard InChI is InChI=1S/C29H48O2/c1-6-22(7-2)11-8-10-20(3)26-15-16-27-23(12-9-17-29(26,27)5)13-14-24-18-25(30)19-28(31)21(24)4/h13-14,20,22,25-28,30-31H,4,6-12,15-19H2,1-3,5H3/b23-13?,24-14-/t20-,25-,26-,27?,28-,29-/m1/s1. The fourth-order valence-corrected chi connectivity index (χ4v) is 7.31. The third kappa shape index (κ3) is 5.56. The van der Waals surface area contributed by atoms with E-state index in [1.165, 1.54) is 64.2 Å². The zero-order valence-electron chi connectivity index (χ0n) is 20.7. The zero-order valence-corrected chi connectivity index (χ0v) is 20.7. The van der Waals surface area contributed by atoms with Crippen molar-refractivity contribution in [2.24, 2.45) is 29.1 Å². The van der Waals surface area contributed by atoms with Gasteiger partial charge in [-0.05, 0) is 78.8 Å². The monoisotopic (exact) mass is 428 g/mol. The summed E-state index contributed by atoms with van der Waals surface area (Å²) in [4.78, 5) is 0. The minimum atomic E-state index is -0.596. The SMILES string of the molecule is C=C1/C(=C\C=C2CCC[C@@]3(C)C2CC[C@@H]3[C@H](C)CCCC(CC)CC)C[C@@H](O)C[C@H]1O. The maximum atomic E-state index is 10.2. The number of fused-ring (bicyclic) bond motifs is 1. The van der Waals surface area contributed by atoms with E-state index in [0.717, 1.165) is 28.9 Å². The maximum Gasteiger partial charge on any atom is 0.0811 e. The van der Waals surface area contributed by atoms with E-state index >= 15 is 0 Å². The van der Waals surface area contributed by atoms with Crippen LogP contribution in [0, 0.1) is 29.1 Å². The first kappa shape index (κ1) is 24.8. The molecular weight excluding hydrogens is 380 g/mol. The van der Waals surface area contributed by atoms with Crippen LogP contribution in [0.3, 0.4) is 0 Å². The first-order valence-electron chi connectivity index (χ1n) is 13.2. The minimum absolute atomic E-state index is 0.421. The van der Waals surface area contributed by atoms with Crippen molar-refractivity contribution in [3.8, 4) is 0 Å². The lowest BCUT2D eigenvalue weighted by atomic mass is 9.60. The second kappa shape index (κ2) is 10.8. The van der Waals surface area contributed by atoms with Crippen LogP contribution in [-0.2, 0) is 0 Å². The van der Waals surface area contributed by atoms with E-state index in [9.17, 15) is 10.2 Å². The number of aliphatic hydroxyl groups excluding tert-OH is 2. The summed E-state index contributed by atoms with van der Waals surface area (Å²) in [6.45, 7) is 13.9. The highest BCUT2D eigenvalue weighted by Crippen LogP contribution is 2.60. The lowest BCUT2D eigenvalue weighted by Crippen LogP contribution is -2.36. The molecule has 2 N–H and O–H groups in total. The molecule has 0 radical (unpaired) electrons. The van der Waals surface area contributed by atoms with Gasteiger partial charge in [-0.1, -0.05) is 84.1 Å². The minimum Gasteiger partial charge on any atom is -0.393 e. The molecule has 0 aromatic heterocycles. The van der Waals surface area contributed by atoms with Crippen molar-refractivity contribution < 1.29 is 10.2 Å². The van der Waals surface area contributed by atoms with Crippen molar-refractivity contribution in [2.75, 3.05) is 0 Å². The molecule has 0 saturated heterocycles. The molecule has 3 saturated carbocycles. The van der Waals surface area contributed by atoms with Gasteiger partial charge in [0.1, 0.15) is 0 Å². The van der Waals surface area contributed by atoms with E-state index in [1.807, 2.05) is 0 Å². The van der Waals surface area contributed by atoms with Crippen LogP contribution < -0.4 is 0 Å². The first-order valence-corrected chi connectivity index (χ1v) is 13.2. The Bertz CT molecular complexity index is 670. The van der Waals surface area contributed by atoms with Crippen molar-refractivity contribution in [2.45, 2.75) is 117 Å². The van der Waals surface area contributed by atoms with E-state index in [4.69, 9.17) is 0 Å². The van der Waals surface area contributed by atoms with Gasteiger partial charge in [0, 0.05) is 6.42 Å². The smallest absolute Gasteiger partial charge is 0.0811 e. The largest absolute Gasteiger partial charge is 0.393 e. The number of hydrogen-bond acceptors (Lipinski definition) is 2. The lowest BCUT2D eigenvalue weighted by Gasteiger charge is -2.44. The van der Waals surface area contributed by atoms with Gasteiger partial charge in [0.2, 0.25) is 0 Å².